The van der Waals surface area contributed by atoms with Crippen molar-refractivity contribution < 1.29 is 13.2 Å². The van der Waals surface area contributed by atoms with Crippen LogP contribution in [0.2, 0.25) is 0 Å². The van der Waals surface area contributed by atoms with E-state index in [4.69, 9.17) is 0 Å². The average molecular weight is 309 g/mol. The third-order valence-electron chi connectivity index (χ3n) is 3.75. The number of nitrogens with zero attached hydrogens (tertiary/aromatic N) is 2. The highest BCUT2D eigenvalue weighted by molar-refractivity contribution is 5.57. The third-order valence-corrected chi connectivity index (χ3v) is 3.75. The largest absolute Gasteiger partial charge is 0.416 e. The summed E-state index contributed by atoms with van der Waals surface area (Å²) >= 11 is 0. The second kappa shape index (κ2) is 5.34. The summed E-state index contributed by atoms with van der Waals surface area (Å²) in [5, 5.41) is 7.79. The Balaban J connectivity index is 2.06. The van der Waals surface area contributed by atoms with E-state index in [1.54, 1.807) is 10.7 Å². The van der Waals surface area contributed by atoms with Gasteiger partial charge in [0.05, 0.1) is 16.9 Å². The highest BCUT2D eigenvalue weighted by Gasteiger charge is 2.31. The van der Waals surface area contributed by atoms with Crippen molar-refractivity contribution in [2.75, 3.05) is 11.9 Å². The maximum atomic E-state index is 12.9. The maximum Gasteiger partial charge on any atom is 0.416 e. The molecule has 118 valence electrons. The van der Waals surface area contributed by atoms with Gasteiger partial charge in [0, 0.05) is 12.1 Å². The van der Waals surface area contributed by atoms with E-state index < -0.39 is 11.7 Å². The van der Waals surface area contributed by atoms with E-state index >= 15 is 0 Å². The minimum atomic E-state index is -4.35. The van der Waals surface area contributed by atoms with Crippen LogP contribution in [0.4, 0.5) is 19.0 Å². The lowest BCUT2D eigenvalue weighted by Gasteiger charge is -2.10. The van der Waals surface area contributed by atoms with Gasteiger partial charge in [-0.2, -0.15) is 18.3 Å². The summed E-state index contributed by atoms with van der Waals surface area (Å²) < 4.78 is 40.3. The van der Waals surface area contributed by atoms with Gasteiger partial charge in [0.25, 0.3) is 0 Å². The van der Waals surface area contributed by atoms with E-state index in [1.807, 2.05) is 0 Å². The third kappa shape index (κ3) is 2.69. The Kier molecular flexibility index (Phi) is 3.62. The second-order valence-electron chi connectivity index (χ2n) is 6.01. The van der Waals surface area contributed by atoms with E-state index in [0.717, 1.165) is 48.6 Å². The fourth-order valence-corrected chi connectivity index (χ4v) is 2.80. The van der Waals surface area contributed by atoms with Gasteiger partial charge in [-0.05, 0) is 37.0 Å². The Hall–Kier alpha value is -1.98. The maximum absolute atomic E-state index is 12.9. The molecule has 2 heterocycles. The number of nitrogens with one attached hydrogen (secondary N) is 1. The molecule has 1 aliphatic rings. The van der Waals surface area contributed by atoms with Crippen LogP contribution in [0.5, 0.6) is 0 Å². The standard InChI is InChI=1S/C16H18F3N3/c1-10(2)8-14-13-6-7-20-15(13)22(21-14)12-5-3-4-11(9-12)16(17,18)19/h3-5,9-10,20H,6-8H2,1-2H3. The van der Waals surface area contributed by atoms with Crippen LogP contribution in [0, 0.1) is 5.92 Å². The zero-order valence-electron chi connectivity index (χ0n) is 12.5. The summed E-state index contributed by atoms with van der Waals surface area (Å²) in [4.78, 5) is 0. The summed E-state index contributed by atoms with van der Waals surface area (Å²) in [6.45, 7) is 5.02. The minimum Gasteiger partial charge on any atom is -0.369 e. The van der Waals surface area contributed by atoms with Gasteiger partial charge < -0.3 is 5.32 Å². The van der Waals surface area contributed by atoms with Crippen molar-refractivity contribution in [1.82, 2.24) is 9.78 Å². The van der Waals surface area contributed by atoms with Crippen LogP contribution in [-0.2, 0) is 19.0 Å². The van der Waals surface area contributed by atoms with Gasteiger partial charge in [0.2, 0.25) is 0 Å². The van der Waals surface area contributed by atoms with Gasteiger partial charge in [-0.15, -0.1) is 0 Å². The molecule has 0 saturated heterocycles. The van der Waals surface area contributed by atoms with Gasteiger partial charge in [0.1, 0.15) is 5.82 Å². The van der Waals surface area contributed by atoms with E-state index in [1.165, 1.54) is 6.07 Å². The molecule has 1 aliphatic heterocycles. The van der Waals surface area contributed by atoms with Crippen molar-refractivity contribution >= 4 is 5.82 Å². The molecule has 0 bridgehead atoms. The second-order valence-corrected chi connectivity index (χ2v) is 6.01. The molecule has 0 aliphatic carbocycles. The normalized spacial score (nSPS) is 14.3. The summed E-state index contributed by atoms with van der Waals surface area (Å²) in [5.41, 5.74) is 1.90. The smallest absolute Gasteiger partial charge is 0.369 e. The SMILES string of the molecule is CC(C)Cc1nn(-c2cccc(C(F)(F)F)c2)c2c1CCN2. The molecule has 0 unspecified atom stereocenters. The molecule has 0 spiro atoms. The molecular weight excluding hydrogens is 291 g/mol. The number of fused-ring (bicyclic) bond motifs is 1. The van der Waals surface area contributed by atoms with Gasteiger partial charge in [-0.1, -0.05) is 19.9 Å². The average Bonchev–Trinajstić information content (AvgIpc) is 3.01. The summed E-state index contributed by atoms with van der Waals surface area (Å²) in [5.74, 6) is 1.28. The number of rotatable bonds is 3. The molecule has 22 heavy (non-hydrogen) atoms. The molecule has 1 N–H and O–H groups in total. The predicted molar refractivity (Wildman–Crippen MR) is 79.3 cm³/mol. The van der Waals surface area contributed by atoms with E-state index in [9.17, 15) is 13.2 Å². The zero-order chi connectivity index (χ0) is 15.9. The number of hydrogen-bond donors (Lipinski definition) is 1. The molecule has 0 radical (unpaired) electrons. The van der Waals surface area contributed by atoms with E-state index in [-0.39, 0.29) is 0 Å². The van der Waals surface area contributed by atoms with Crippen LogP contribution in [-0.4, -0.2) is 16.3 Å². The van der Waals surface area contributed by atoms with E-state index in [0.29, 0.717) is 11.6 Å². The number of hydrogen-bond acceptors (Lipinski definition) is 2. The lowest BCUT2D eigenvalue weighted by Crippen LogP contribution is -2.09. The molecule has 0 saturated carbocycles. The lowest BCUT2D eigenvalue weighted by atomic mass is 10.0. The monoisotopic (exact) mass is 309 g/mol. The molecular formula is C16H18F3N3. The molecule has 1 aromatic carbocycles. The molecule has 2 aromatic rings. The topological polar surface area (TPSA) is 29.9 Å². The Morgan fingerprint density at radius 3 is 2.77 bits per heavy atom. The Morgan fingerprint density at radius 2 is 2.09 bits per heavy atom. The Labute approximate surface area is 127 Å². The molecule has 3 rings (SSSR count). The zero-order valence-corrected chi connectivity index (χ0v) is 12.5. The highest BCUT2D eigenvalue weighted by atomic mass is 19.4. The fraction of sp³-hybridized carbons (Fsp3) is 0.438. The van der Waals surface area contributed by atoms with Gasteiger partial charge >= 0.3 is 6.18 Å². The first-order chi connectivity index (χ1) is 10.4. The van der Waals surface area contributed by atoms with Crippen LogP contribution >= 0.6 is 0 Å². The first-order valence-electron chi connectivity index (χ1n) is 7.38. The Morgan fingerprint density at radius 1 is 1.32 bits per heavy atom. The quantitative estimate of drug-likeness (QED) is 0.926. The van der Waals surface area contributed by atoms with Gasteiger partial charge in [-0.25, -0.2) is 4.68 Å². The molecule has 3 nitrogen and oxygen atoms in total. The summed E-state index contributed by atoms with van der Waals surface area (Å²) in [6, 6.07) is 5.30. The van der Waals surface area contributed by atoms with Crippen molar-refractivity contribution in [2.24, 2.45) is 5.92 Å². The van der Waals surface area contributed by atoms with Gasteiger partial charge in [0.15, 0.2) is 0 Å². The summed E-state index contributed by atoms with van der Waals surface area (Å²) in [6.07, 6.45) is -2.65. The van der Waals surface area contributed by atoms with Crippen molar-refractivity contribution in [3.63, 3.8) is 0 Å². The van der Waals surface area contributed by atoms with Crippen LogP contribution in [0.15, 0.2) is 24.3 Å². The first-order valence-corrected chi connectivity index (χ1v) is 7.38. The Bertz CT molecular complexity index is 686. The van der Waals surface area contributed by atoms with Crippen LogP contribution in [0.1, 0.15) is 30.7 Å². The predicted octanol–water partition coefficient (Wildman–Crippen LogP) is 4.06. The minimum absolute atomic E-state index is 0.440. The van der Waals surface area contributed by atoms with Crippen LogP contribution < -0.4 is 5.32 Å². The molecule has 1 aromatic heterocycles. The molecule has 0 fully saturated rings. The highest BCUT2D eigenvalue weighted by Crippen LogP contribution is 2.33. The number of alkyl halides is 3. The van der Waals surface area contributed by atoms with Crippen molar-refractivity contribution in [3.05, 3.63) is 41.1 Å². The molecule has 0 atom stereocenters. The molecule has 6 heteroatoms. The fourth-order valence-electron chi connectivity index (χ4n) is 2.80. The van der Waals surface area contributed by atoms with Gasteiger partial charge in [-0.3, -0.25) is 0 Å². The first kappa shape index (κ1) is 14.9. The number of aromatic nitrogens is 2. The van der Waals surface area contributed by atoms with Crippen LogP contribution in [0.25, 0.3) is 5.69 Å². The van der Waals surface area contributed by atoms with Crippen molar-refractivity contribution in [2.45, 2.75) is 32.9 Å². The molecule has 0 amide bonds. The summed E-state index contributed by atoms with van der Waals surface area (Å²) in [7, 11) is 0. The number of anilines is 1. The van der Waals surface area contributed by atoms with Crippen molar-refractivity contribution in [1.29, 1.82) is 0 Å². The van der Waals surface area contributed by atoms with Crippen molar-refractivity contribution in [3.8, 4) is 5.69 Å². The van der Waals surface area contributed by atoms with E-state index in [2.05, 4.69) is 24.3 Å². The van der Waals surface area contributed by atoms with Crippen LogP contribution in [0.3, 0.4) is 0 Å². The number of benzene rings is 1. The lowest BCUT2D eigenvalue weighted by molar-refractivity contribution is -0.137. The number of halogens is 3.